The van der Waals surface area contributed by atoms with Crippen molar-refractivity contribution in [3.05, 3.63) is 23.8 Å². The molecule has 3 heteroatoms. The van der Waals surface area contributed by atoms with Crippen LogP contribution in [0.1, 0.15) is 19.4 Å². The molecule has 0 aliphatic heterocycles. The van der Waals surface area contributed by atoms with E-state index in [-0.39, 0.29) is 12.4 Å². The number of aliphatic hydroxyl groups excluding tert-OH is 1. The summed E-state index contributed by atoms with van der Waals surface area (Å²) in [7, 11) is 1.50. The summed E-state index contributed by atoms with van der Waals surface area (Å²) < 4.78 is 4.90. The lowest BCUT2D eigenvalue weighted by atomic mass is 10.1. The number of ether oxygens (including phenoxy) is 1. The SMILES string of the molecule is CC.COc1cc(CCO)ccc1O. The average Bonchev–Trinajstić information content (AvgIpc) is 2.24. The van der Waals surface area contributed by atoms with Crippen molar-refractivity contribution in [3.8, 4) is 11.5 Å². The molecule has 0 aromatic heterocycles. The van der Waals surface area contributed by atoms with E-state index in [0.29, 0.717) is 12.2 Å². The minimum Gasteiger partial charge on any atom is -0.504 e. The molecule has 0 atom stereocenters. The second kappa shape index (κ2) is 7.21. The van der Waals surface area contributed by atoms with Gasteiger partial charge in [-0.15, -0.1) is 0 Å². The molecule has 0 aliphatic rings. The standard InChI is InChI=1S/C9H12O3.C2H6/c1-12-9-6-7(4-5-10)2-3-8(9)11;1-2/h2-3,6,10-11H,4-5H2,1H3;1-2H3. The maximum absolute atomic E-state index is 9.22. The van der Waals surface area contributed by atoms with Crippen LogP contribution < -0.4 is 4.74 Å². The van der Waals surface area contributed by atoms with Gasteiger partial charge in [-0.3, -0.25) is 0 Å². The third kappa shape index (κ3) is 3.66. The molecule has 1 aromatic rings. The number of phenols is 1. The van der Waals surface area contributed by atoms with E-state index in [4.69, 9.17) is 9.84 Å². The summed E-state index contributed by atoms with van der Waals surface area (Å²) in [6.45, 7) is 4.11. The van der Waals surface area contributed by atoms with Gasteiger partial charge in [-0.2, -0.15) is 0 Å². The number of aliphatic hydroxyl groups is 1. The quantitative estimate of drug-likeness (QED) is 0.780. The van der Waals surface area contributed by atoms with Gasteiger partial charge >= 0.3 is 0 Å². The zero-order valence-electron chi connectivity index (χ0n) is 8.95. The topological polar surface area (TPSA) is 49.7 Å². The van der Waals surface area contributed by atoms with Crippen LogP contribution in [0.25, 0.3) is 0 Å². The smallest absolute Gasteiger partial charge is 0.160 e. The summed E-state index contributed by atoms with van der Waals surface area (Å²) in [6.07, 6.45) is 0.580. The van der Waals surface area contributed by atoms with Gasteiger partial charge in [0.2, 0.25) is 0 Å². The van der Waals surface area contributed by atoms with E-state index < -0.39 is 0 Å². The number of benzene rings is 1. The second-order valence-electron chi connectivity index (χ2n) is 2.48. The van der Waals surface area contributed by atoms with Gasteiger partial charge < -0.3 is 14.9 Å². The van der Waals surface area contributed by atoms with E-state index in [0.717, 1.165) is 5.56 Å². The molecule has 0 fully saturated rings. The van der Waals surface area contributed by atoms with Crippen LogP contribution in [-0.4, -0.2) is 23.9 Å². The molecule has 0 saturated heterocycles. The van der Waals surface area contributed by atoms with Crippen LogP contribution in [0.3, 0.4) is 0 Å². The van der Waals surface area contributed by atoms with Crippen LogP contribution in [0, 0.1) is 0 Å². The van der Waals surface area contributed by atoms with Gasteiger partial charge in [0.05, 0.1) is 7.11 Å². The van der Waals surface area contributed by atoms with Crippen molar-refractivity contribution in [1.82, 2.24) is 0 Å². The number of aromatic hydroxyl groups is 1. The van der Waals surface area contributed by atoms with Crippen LogP contribution in [0.5, 0.6) is 11.5 Å². The van der Waals surface area contributed by atoms with E-state index in [1.54, 1.807) is 18.2 Å². The minimum absolute atomic E-state index is 0.105. The molecule has 0 bridgehead atoms. The molecule has 0 spiro atoms. The van der Waals surface area contributed by atoms with Gasteiger partial charge in [0.1, 0.15) is 0 Å². The Morgan fingerprint density at radius 3 is 2.43 bits per heavy atom. The van der Waals surface area contributed by atoms with Crippen LogP contribution >= 0.6 is 0 Å². The molecule has 80 valence electrons. The predicted octanol–water partition coefficient (Wildman–Crippen LogP) is 1.96. The van der Waals surface area contributed by atoms with Gasteiger partial charge in [-0.1, -0.05) is 19.9 Å². The molecule has 0 aliphatic carbocycles. The fourth-order valence-corrected chi connectivity index (χ4v) is 1.01. The highest BCUT2D eigenvalue weighted by atomic mass is 16.5. The third-order valence-electron chi connectivity index (χ3n) is 1.64. The first-order valence-corrected chi connectivity index (χ1v) is 4.74. The van der Waals surface area contributed by atoms with Crippen LogP contribution in [-0.2, 0) is 6.42 Å². The number of hydrogen-bond donors (Lipinski definition) is 2. The Morgan fingerprint density at radius 2 is 1.93 bits per heavy atom. The minimum atomic E-state index is 0.105. The molecule has 14 heavy (non-hydrogen) atoms. The second-order valence-corrected chi connectivity index (χ2v) is 2.48. The fraction of sp³-hybridized carbons (Fsp3) is 0.455. The summed E-state index contributed by atoms with van der Waals surface area (Å²) in [6, 6.07) is 5.03. The van der Waals surface area contributed by atoms with Gasteiger partial charge in [-0.25, -0.2) is 0 Å². The van der Waals surface area contributed by atoms with E-state index in [9.17, 15) is 5.11 Å². The predicted molar refractivity (Wildman–Crippen MR) is 56.8 cm³/mol. The molecule has 1 aromatic carbocycles. The lowest BCUT2D eigenvalue weighted by Crippen LogP contribution is -1.91. The number of rotatable bonds is 3. The lowest BCUT2D eigenvalue weighted by molar-refractivity contribution is 0.299. The Kier molecular flexibility index (Phi) is 6.58. The Balaban J connectivity index is 0.000000791. The maximum Gasteiger partial charge on any atom is 0.160 e. The molecule has 0 saturated carbocycles. The first-order chi connectivity index (χ1) is 6.77. The van der Waals surface area contributed by atoms with Crippen LogP contribution in [0.15, 0.2) is 18.2 Å². The van der Waals surface area contributed by atoms with Crippen molar-refractivity contribution in [3.63, 3.8) is 0 Å². The average molecular weight is 198 g/mol. The molecular formula is C11H18O3. The van der Waals surface area contributed by atoms with Crippen LogP contribution in [0.4, 0.5) is 0 Å². The summed E-state index contributed by atoms with van der Waals surface area (Å²) >= 11 is 0. The van der Waals surface area contributed by atoms with Crippen molar-refractivity contribution in [1.29, 1.82) is 0 Å². The zero-order chi connectivity index (χ0) is 11.0. The number of hydrogen-bond acceptors (Lipinski definition) is 3. The molecule has 3 nitrogen and oxygen atoms in total. The highest BCUT2D eigenvalue weighted by Gasteiger charge is 2.01. The van der Waals surface area contributed by atoms with Crippen molar-refractivity contribution in [2.75, 3.05) is 13.7 Å². The van der Waals surface area contributed by atoms with E-state index >= 15 is 0 Å². The Morgan fingerprint density at radius 1 is 1.29 bits per heavy atom. The van der Waals surface area contributed by atoms with E-state index in [2.05, 4.69) is 0 Å². The number of phenolic OH excluding ortho intramolecular Hbond substituents is 1. The molecule has 0 unspecified atom stereocenters. The van der Waals surface area contributed by atoms with Gasteiger partial charge in [0, 0.05) is 6.61 Å². The first kappa shape index (κ1) is 12.8. The summed E-state index contributed by atoms with van der Waals surface area (Å²) in [5.74, 6) is 0.570. The monoisotopic (exact) mass is 198 g/mol. The normalized spacial score (nSPS) is 8.86. The molecule has 0 amide bonds. The van der Waals surface area contributed by atoms with Crippen molar-refractivity contribution in [2.45, 2.75) is 20.3 Å². The van der Waals surface area contributed by atoms with Crippen molar-refractivity contribution in [2.24, 2.45) is 0 Å². The van der Waals surface area contributed by atoms with Crippen LogP contribution in [0.2, 0.25) is 0 Å². The molecular weight excluding hydrogens is 180 g/mol. The summed E-state index contributed by atoms with van der Waals surface area (Å²) in [4.78, 5) is 0. The zero-order valence-corrected chi connectivity index (χ0v) is 8.95. The highest BCUT2D eigenvalue weighted by molar-refractivity contribution is 5.41. The first-order valence-electron chi connectivity index (χ1n) is 4.74. The molecule has 0 radical (unpaired) electrons. The highest BCUT2D eigenvalue weighted by Crippen LogP contribution is 2.26. The van der Waals surface area contributed by atoms with E-state index in [1.165, 1.54) is 7.11 Å². The third-order valence-corrected chi connectivity index (χ3v) is 1.64. The Bertz CT molecular complexity index is 259. The molecule has 0 heterocycles. The van der Waals surface area contributed by atoms with E-state index in [1.807, 2.05) is 13.8 Å². The Labute approximate surface area is 85.0 Å². The fourth-order valence-electron chi connectivity index (χ4n) is 1.01. The van der Waals surface area contributed by atoms with Crippen molar-refractivity contribution >= 4 is 0 Å². The molecule has 2 N–H and O–H groups in total. The lowest BCUT2D eigenvalue weighted by Gasteiger charge is -2.04. The largest absolute Gasteiger partial charge is 0.504 e. The maximum atomic E-state index is 9.22. The van der Waals surface area contributed by atoms with Crippen molar-refractivity contribution < 1.29 is 14.9 Å². The van der Waals surface area contributed by atoms with Gasteiger partial charge in [0.15, 0.2) is 11.5 Å². The van der Waals surface area contributed by atoms with Gasteiger partial charge in [-0.05, 0) is 24.1 Å². The Hall–Kier alpha value is -1.22. The van der Waals surface area contributed by atoms with Gasteiger partial charge in [0.25, 0.3) is 0 Å². The summed E-state index contributed by atoms with van der Waals surface area (Å²) in [5.41, 5.74) is 0.951. The molecule has 1 rings (SSSR count). The number of methoxy groups -OCH3 is 1. The summed E-state index contributed by atoms with van der Waals surface area (Å²) in [5, 5.41) is 17.9.